The van der Waals surface area contributed by atoms with Crippen molar-refractivity contribution in [3.05, 3.63) is 63.3 Å². The molecule has 0 aliphatic heterocycles. The maximum Gasteiger partial charge on any atom is 0.416 e. The highest BCUT2D eigenvalue weighted by Crippen LogP contribution is 2.34. The van der Waals surface area contributed by atoms with Gasteiger partial charge < -0.3 is 16.8 Å². The zero-order chi connectivity index (χ0) is 23.6. The first-order valence-corrected chi connectivity index (χ1v) is 11.5. The number of thiazole rings is 1. The van der Waals surface area contributed by atoms with Crippen LogP contribution in [0, 0.1) is 5.92 Å². The van der Waals surface area contributed by atoms with Gasteiger partial charge in [-0.25, -0.2) is 15.0 Å². The Labute approximate surface area is 200 Å². The molecule has 1 aromatic carbocycles. The Bertz CT molecular complexity index is 1200. The third-order valence-corrected chi connectivity index (χ3v) is 6.36. The SMILES string of the molecule is NC(/C=C(\N)C1CC1)=Nc1nc(NCc2cnc(-c3ccc(C(F)(F)F)cc3)s2)ncc1Br. The summed E-state index contributed by atoms with van der Waals surface area (Å²) in [4.78, 5) is 18.0. The Morgan fingerprint density at radius 3 is 2.58 bits per heavy atom. The zero-order valence-electron chi connectivity index (χ0n) is 17.1. The van der Waals surface area contributed by atoms with Gasteiger partial charge in [0, 0.05) is 28.5 Å². The van der Waals surface area contributed by atoms with Crippen molar-refractivity contribution in [1.29, 1.82) is 0 Å². The molecule has 4 rings (SSSR count). The van der Waals surface area contributed by atoms with Gasteiger partial charge >= 0.3 is 6.18 Å². The Hall–Kier alpha value is -2.99. The van der Waals surface area contributed by atoms with Crippen LogP contribution in [0.25, 0.3) is 10.6 Å². The Kier molecular flexibility index (Phi) is 6.66. The highest BCUT2D eigenvalue weighted by atomic mass is 79.9. The van der Waals surface area contributed by atoms with Crippen molar-refractivity contribution < 1.29 is 13.2 Å². The molecule has 0 radical (unpaired) electrons. The monoisotopic (exact) mass is 537 g/mol. The van der Waals surface area contributed by atoms with Crippen molar-refractivity contribution in [2.24, 2.45) is 22.4 Å². The van der Waals surface area contributed by atoms with Gasteiger partial charge in [0.05, 0.1) is 16.6 Å². The van der Waals surface area contributed by atoms with E-state index < -0.39 is 11.7 Å². The minimum atomic E-state index is -4.37. The third kappa shape index (κ3) is 6.08. The first-order valence-electron chi connectivity index (χ1n) is 9.89. The lowest BCUT2D eigenvalue weighted by molar-refractivity contribution is -0.137. The van der Waals surface area contributed by atoms with Crippen LogP contribution in [0.1, 0.15) is 23.3 Å². The summed E-state index contributed by atoms with van der Waals surface area (Å²) >= 11 is 4.73. The molecular weight excluding hydrogens is 519 g/mol. The molecule has 2 aromatic heterocycles. The van der Waals surface area contributed by atoms with E-state index >= 15 is 0 Å². The van der Waals surface area contributed by atoms with Gasteiger partial charge in [-0.1, -0.05) is 12.1 Å². The van der Waals surface area contributed by atoms with E-state index in [0.717, 1.165) is 29.9 Å². The van der Waals surface area contributed by atoms with E-state index in [1.54, 1.807) is 18.5 Å². The molecule has 5 N–H and O–H groups in total. The summed E-state index contributed by atoms with van der Waals surface area (Å²) in [6.07, 6.45) is 2.65. The van der Waals surface area contributed by atoms with Gasteiger partial charge in [0.2, 0.25) is 5.95 Å². The average Bonchev–Trinajstić information content (AvgIpc) is 3.52. The molecule has 1 saturated carbocycles. The Morgan fingerprint density at radius 1 is 1.18 bits per heavy atom. The number of nitrogens with zero attached hydrogens (tertiary/aromatic N) is 4. The fraction of sp³-hybridized carbons (Fsp3) is 0.238. The lowest BCUT2D eigenvalue weighted by atomic mass is 10.1. The normalized spacial score (nSPS) is 15.0. The largest absolute Gasteiger partial charge is 0.416 e. The Balaban J connectivity index is 1.42. The highest BCUT2D eigenvalue weighted by molar-refractivity contribution is 9.10. The molecule has 2 heterocycles. The summed E-state index contributed by atoms with van der Waals surface area (Å²) < 4.78 is 38.8. The van der Waals surface area contributed by atoms with Crippen LogP contribution >= 0.6 is 27.3 Å². The number of hydrogen-bond donors (Lipinski definition) is 3. The number of halogens is 4. The molecule has 172 valence electrons. The number of anilines is 1. The minimum Gasteiger partial charge on any atom is -0.402 e. The summed E-state index contributed by atoms with van der Waals surface area (Å²) in [5.41, 5.74) is 12.6. The molecule has 1 aliphatic rings. The molecular formula is C21H19BrF3N7S. The number of aliphatic imine (C=N–C) groups is 1. The fourth-order valence-electron chi connectivity index (χ4n) is 2.87. The molecule has 3 aromatic rings. The number of nitrogens with two attached hydrogens (primary N) is 2. The van der Waals surface area contributed by atoms with Crippen LogP contribution in [0.4, 0.5) is 24.9 Å². The number of aromatic nitrogens is 3. The van der Waals surface area contributed by atoms with Crippen LogP contribution in [-0.2, 0) is 12.7 Å². The lowest BCUT2D eigenvalue weighted by Crippen LogP contribution is -2.12. The van der Waals surface area contributed by atoms with Gasteiger partial charge in [-0.2, -0.15) is 18.2 Å². The predicted octanol–water partition coefficient (Wildman–Crippen LogP) is 5.23. The van der Waals surface area contributed by atoms with Crippen molar-refractivity contribution >= 4 is 44.9 Å². The Morgan fingerprint density at radius 2 is 1.91 bits per heavy atom. The van der Waals surface area contributed by atoms with Gasteiger partial charge in [0.25, 0.3) is 0 Å². The van der Waals surface area contributed by atoms with Crippen LogP contribution < -0.4 is 16.8 Å². The van der Waals surface area contributed by atoms with Crippen LogP contribution in [0.2, 0.25) is 0 Å². The topological polar surface area (TPSA) is 115 Å². The number of benzene rings is 1. The number of amidine groups is 1. The lowest BCUT2D eigenvalue weighted by Gasteiger charge is -2.06. The van der Waals surface area contributed by atoms with Crippen LogP contribution in [0.15, 0.2) is 57.9 Å². The molecule has 7 nitrogen and oxygen atoms in total. The number of alkyl halides is 3. The molecule has 0 saturated heterocycles. The van der Waals surface area contributed by atoms with Crippen molar-refractivity contribution in [3.8, 4) is 10.6 Å². The number of rotatable bonds is 7. The summed E-state index contributed by atoms with van der Waals surface area (Å²) in [7, 11) is 0. The second-order valence-corrected chi connectivity index (χ2v) is 9.35. The molecule has 12 heteroatoms. The van der Waals surface area contributed by atoms with E-state index in [0.29, 0.717) is 45.0 Å². The second-order valence-electron chi connectivity index (χ2n) is 7.38. The molecule has 0 unspecified atom stereocenters. The number of hydrogen-bond acceptors (Lipinski definition) is 7. The molecule has 0 amide bonds. The maximum atomic E-state index is 12.7. The first-order chi connectivity index (χ1) is 15.7. The van der Waals surface area contributed by atoms with Crippen molar-refractivity contribution in [3.63, 3.8) is 0 Å². The van der Waals surface area contributed by atoms with E-state index in [-0.39, 0.29) is 5.84 Å². The fourth-order valence-corrected chi connectivity index (χ4v) is 4.01. The molecule has 1 aliphatic carbocycles. The summed E-state index contributed by atoms with van der Waals surface area (Å²) in [6.45, 7) is 0.382. The molecule has 0 spiro atoms. The molecule has 1 fully saturated rings. The van der Waals surface area contributed by atoms with E-state index in [1.807, 2.05) is 0 Å². The van der Waals surface area contributed by atoms with E-state index in [9.17, 15) is 13.2 Å². The van der Waals surface area contributed by atoms with Gasteiger partial charge in [-0.3, -0.25) is 0 Å². The zero-order valence-corrected chi connectivity index (χ0v) is 19.5. The minimum absolute atomic E-state index is 0.258. The summed E-state index contributed by atoms with van der Waals surface area (Å²) in [5, 5.41) is 3.71. The smallest absolute Gasteiger partial charge is 0.402 e. The number of allylic oxidation sites excluding steroid dienone is 1. The van der Waals surface area contributed by atoms with Crippen LogP contribution in [-0.4, -0.2) is 20.8 Å². The average molecular weight is 538 g/mol. The van der Waals surface area contributed by atoms with Gasteiger partial charge in [-0.15, -0.1) is 11.3 Å². The van der Waals surface area contributed by atoms with Crippen molar-refractivity contribution in [2.75, 3.05) is 5.32 Å². The van der Waals surface area contributed by atoms with Crippen LogP contribution in [0.3, 0.4) is 0 Å². The highest BCUT2D eigenvalue weighted by Gasteiger charge is 2.30. The van der Waals surface area contributed by atoms with Gasteiger partial charge in [0.15, 0.2) is 5.82 Å². The van der Waals surface area contributed by atoms with E-state index in [4.69, 9.17) is 11.5 Å². The molecule has 33 heavy (non-hydrogen) atoms. The van der Waals surface area contributed by atoms with Crippen molar-refractivity contribution in [1.82, 2.24) is 15.0 Å². The van der Waals surface area contributed by atoms with Gasteiger partial charge in [-0.05, 0) is 52.9 Å². The quantitative estimate of drug-likeness (QED) is 0.280. The first kappa shape index (κ1) is 23.2. The van der Waals surface area contributed by atoms with E-state index in [2.05, 4.69) is 41.2 Å². The second kappa shape index (κ2) is 9.48. The molecule has 0 atom stereocenters. The maximum absolute atomic E-state index is 12.7. The molecule has 0 bridgehead atoms. The van der Waals surface area contributed by atoms with Crippen molar-refractivity contribution in [2.45, 2.75) is 25.6 Å². The van der Waals surface area contributed by atoms with Gasteiger partial charge in [0.1, 0.15) is 10.8 Å². The van der Waals surface area contributed by atoms with E-state index in [1.165, 1.54) is 23.5 Å². The summed E-state index contributed by atoms with van der Waals surface area (Å²) in [6, 6.07) is 4.92. The standard InChI is InChI=1S/C21H19BrF3N7S/c22-15-10-30-20(32-18(15)31-17(27)7-16(26)11-1-2-11)29-9-14-8-28-19(33-14)12-3-5-13(6-4-12)21(23,24)25/h3-8,10-11H,1-2,9,26H2,(H3,27,29,30,31,32)/b16-7-. The van der Waals surface area contributed by atoms with Crippen LogP contribution in [0.5, 0.6) is 0 Å². The third-order valence-electron chi connectivity index (χ3n) is 4.76. The summed E-state index contributed by atoms with van der Waals surface area (Å²) in [5.74, 6) is 1.35. The number of nitrogens with one attached hydrogen (secondary N) is 1. The predicted molar refractivity (Wildman–Crippen MR) is 126 cm³/mol.